The molecule has 0 aliphatic carbocycles. The van der Waals surface area contributed by atoms with Crippen molar-refractivity contribution in [1.29, 1.82) is 0 Å². The molecule has 1 fully saturated rings. The Balaban J connectivity index is 1.68. The molecule has 2 aromatic rings. The Morgan fingerprint density at radius 2 is 1.96 bits per heavy atom. The molecule has 1 aromatic heterocycles. The summed E-state index contributed by atoms with van der Waals surface area (Å²) in [5.41, 5.74) is 3.55. The van der Waals surface area contributed by atoms with Gasteiger partial charge in [0.15, 0.2) is 0 Å². The molecule has 1 amide bonds. The van der Waals surface area contributed by atoms with Gasteiger partial charge in [-0.1, -0.05) is 13.0 Å². The number of anilines is 2. The molecule has 0 unspecified atom stereocenters. The van der Waals surface area contributed by atoms with Gasteiger partial charge in [-0.25, -0.2) is 0 Å². The highest BCUT2D eigenvalue weighted by Crippen LogP contribution is 2.24. The lowest BCUT2D eigenvalue weighted by Crippen LogP contribution is -2.46. The average molecular weight is 324 g/mol. The summed E-state index contributed by atoms with van der Waals surface area (Å²) in [5, 5.41) is 2.94. The Morgan fingerprint density at radius 3 is 2.58 bits per heavy atom. The van der Waals surface area contributed by atoms with Gasteiger partial charge in [-0.3, -0.25) is 9.78 Å². The number of benzene rings is 1. The molecule has 1 saturated heterocycles. The highest BCUT2D eigenvalue weighted by Gasteiger charge is 2.16. The molecule has 2 heterocycles. The maximum atomic E-state index is 12.2. The van der Waals surface area contributed by atoms with E-state index in [0.717, 1.165) is 44.0 Å². The minimum atomic E-state index is -0.178. The van der Waals surface area contributed by atoms with E-state index in [0.29, 0.717) is 5.69 Å². The van der Waals surface area contributed by atoms with Gasteiger partial charge in [-0.15, -0.1) is 0 Å². The van der Waals surface area contributed by atoms with Gasteiger partial charge in [-0.2, -0.15) is 0 Å². The summed E-state index contributed by atoms with van der Waals surface area (Å²) in [6.45, 7) is 9.66. The van der Waals surface area contributed by atoms with E-state index in [1.54, 1.807) is 18.3 Å². The molecule has 0 radical (unpaired) electrons. The zero-order valence-electron chi connectivity index (χ0n) is 14.3. The van der Waals surface area contributed by atoms with Crippen LogP contribution in [-0.2, 0) is 0 Å². The van der Waals surface area contributed by atoms with E-state index in [1.165, 1.54) is 5.69 Å². The van der Waals surface area contributed by atoms with E-state index in [9.17, 15) is 4.79 Å². The molecule has 0 atom stereocenters. The number of likely N-dealkylation sites (N-methyl/N-ethyl adjacent to an activating group) is 1. The first-order valence-corrected chi connectivity index (χ1v) is 8.47. The summed E-state index contributed by atoms with van der Waals surface area (Å²) >= 11 is 0. The number of amides is 1. The van der Waals surface area contributed by atoms with Crippen LogP contribution in [0, 0.1) is 6.92 Å². The number of aromatic nitrogens is 1. The van der Waals surface area contributed by atoms with Crippen LogP contribution >= 0.6 is 0 Å². The van der Waals surface area contributed by atoms with Crippen molar-refractivity contribution in [1.82, 2.24) is 9.88 Å². The van der Waals surface area contributed by atoms with Crippen molar-refractivity contribution >= 4 is 17.3 Å². The predicted molar refractivity (Wildman–Crippen MR) is 97.7 cm³/mol. The fourth-order valence-corrected chi connectivity index (χ4v) is 2.99. The molecule has 3 rings (SSSR count). The summed E-state index contributed by atoms with van der Waals surface area (Å²) in [6.07, 6.45) is 1.63. The standard InChI is InChI=1S/C19H24N4O/c1-3-22-10-12-23(13-11-22)16-7-8-17(15(2)14-16)21-19(24)18-6-4-5-9-20-18/h4-9,14H,3,10-13H2,1-2H3,(H,21,24). The first-order chi connectivity index (χ1) is 11.7. The first-order valence-electron chi connectivity index (χ1n) is 8.47. The van der Waals surface area contributed by atoms with Gasteiger partial charge in [0.25, 0.3) is 5.91 Å². The fourth-order valence-electron chi connectivity index (χ4n) is 2.99. The molecular weight excluding hydrogens is 300 g/mol. The molecule has 1 aliphatic rings. The molecule has 1 N–H and O–H groups in total. The SMILES string of the molecule is CCN1CCN(c2ccc(NC(=O)c3ccccn3)c(C)c2)CC1. The van der Waals surface area contributed by atoms with Crippen molar-refractivity contribution in [2.24, 2.45) is 0 Å². The van der Waals surface area contributed by atoms with Crippen LogP contribution in [0.3, 0.4) is 0 Å². The average Bonchev–Trinajstić information content (AvgIpc) is 2.64. The zero-order valence-corrected chi connectivity index (χ0v) is 14.3. The Hall–Kier alpha value is -2.40. The normalized spacial score (nSPS) is 15.3. The van der Waals surface area contributed by atoms with Crippen LogP contribution in [0.5, 0.6) is 0 Å². The number of aryl methyl sites for hydroxylation is 1. The molecule has 126 valence electrons. The van der Waals surface area contributed by atoms with E-state index >= 15 is 0 Å². The van der Waals surface area contributed by atoms with Crippen LogP contribution in [0.15, 0.2) is 42.6 Å². The number of rotatable bonds is 4. The maximum absolute atomic E-state index is 12.2. The second kappa shape index (κ2) is 7.45. The van der Waals surface area contributed by atoms with Gasteiger partial charge < -0.3 is 15.1 Å². The summed E-state index contributed by atoms with van der Waals surface area (Å²) in [4.78, 5) is 21.2. The number of nitrogens with zero attached hydrogens (tertiary/aromatic N) is 3. The fraction of sp³-hybridized carbons (Fsp3) is 0.368. The number of piperazine rings is 1. The molecule has 24 heavy (non-hydrogen) atoms. The number of nitrogens with one attached hydrogen (secondary N) is 1. The lowest BCUT2D eigenvalue weighted by Gasteiger charge is -2.35. The topological polar surface area (TPSA) is 48.5 Å². The third-order valence-corrected chi connectivity index (χ3v) is 4.54. The molecule has 0 spiro atoms. The molecular formula is C19H24N4O. The Kier molecular flexibility index (Phi) is 5.11. The predicted octanol–water partition coefficient (Wildman–Crippen LogP) is 2.78. The zero-order chi connectivity index (χ0) is 16.9. The third kappa shape index (κ3) is 3.74. The van der Waals surface area contributed by atoms with Gasteiger partial charge in [0.2, 0.25) is 0 Å². The van der Waals surface area contributed by atoms with Crippen molar-refractivity contribution in [3.8, 4) is 0 Å². The van der Waals surface area contributed by atoms with E-state index < -0.39 is 0 Å². The lowest BCUT2D eigenvalue weighted by molar-refractivity contribution is 0.102. The summed E-state index contributed by atoms with van der Waals surface area (Å²) in [5.74, 6) is -0.178. The Labute approximate surface area is 143 Å². The van der Waals surface area contributed by atoms with E-state index in [4.69, 9.17) is 0 Å². The van der Waals surface area contributed by atoms with Crippen LogP contribution in [0.4, 0.5) is 11.4 Å². The van der Waals surface area contributed by atoms with Crippen molar-refractivity contribution in [3.63, 3.8) is 0 Å². The number of carbonyl (C=O) groups excluding carboxylic acids is 1. The van der Waals surface area contributed by atoms with Crippen molar-refractivity contribution in [2.45, 2.75) is 13.8 Å². The summed E-state index contributed by atoms with van der Waals surface area (Å²) in [7, 11) is 0. The first kappa shape index (κ1) is 16.5. The van der Waals surface area contributed by atoms with E-state index in [1.807, 2.05) is 19.1 Å². The van der Waals surface area contributed by atoms with Crippen LogP contribution < -0.4 is 10.2 Å². The van der Waals surface area contributed by atoms with Crippen LogP contribution in [0.2, 0.25) is 0 Å². The minimum Gasteiger partial charge on any atom is -0.369 e. The number of hydrogen-bond donors (Lipinski definition) is 1. The second-order valence-corrected chi connectivity index (χ2v) is 6.09. The van der Waals surface area contributed by atoms with Gasteiger partial charge in [-0.05, 0) is 49.4 Å². The molecule has 1 aliphatic heterocycles. The molecule has 5 nitrogen and oxygen atoms in total. The molecule has 1 aromatic carbocycles. The molecule has 0 bridgehead atoms. The smallest absolute Gasteiger partial charge is 0.274 e. The maximum Gasteiger partial charge on any atom is 0.274 e. The van der Waals surface area contributed by atoms with E-state index in [2.05, 4.69) is 39.2 Å². The van der Waals surface area contributed by atoms with Crippen LogP contribution in [-0.4, -0.2) is 48.5 Å². The van der Waals surface area contributed by atoms with Gasteiger partial charge >= 0.3 is 0 Å². The van der Waals surface area contributed by atoms with Crippen molar-refractivity contribution in [2.75, 3.05) is 42.9 Å². The van der Waals surface area contributed by atoms with Gasteiger partial charge in [0.1, 0.15) is 5.69 Å². The van der Waals surface area contributed by atoms with Crippen molar-refractivity contribution in [3.05, 3.63) is 53.9 Å². The monoisotopic (exact) mass is 324 g/mol. The van der Waals surface area contributed by atoms with E-state index in [-0.39, 0.29) is 5.91 Å². The lowest BCUT2D eigenvalue weighted by atomic mass is 10.1. The minimum absolute atomic E-state index is 0.178. The number of hydrogen-bond acceptors (Lipinski definition) is 4. The third-order valence-electron chi connectivity index (χ3n) is 4.54. The molecule has 5 heteroatoms. The van der Waals surface area contributed by atoms with Gasteiger partial charge in [0.05, 0.1) is 0 Å². The largest absolute Gasteiger partial charge is 0.369 e. The number of carbonyl (C=O) groups is 1. The van der Waals surface area contributed by atoms with Gasteiger partial charge in [0, 0.05) is 43.8 Å². The van der Waals surface area contributed by atoms with Crippen LogP contribution in [0.1, 0.15) is 23.0 Å². The second-order valence-electron chi connectivity index (χ2n) is 6.09. The summed E-state index contributed by atoms with van der Waals surface area (Å²) in [6, 6.07) is 11.5. The quantitative estimate of drug-likeness (QED) is 0.939. The number of pyridine rings is 1. The Bertz CT molecular complexity index is 694. The molecule has 0 saturated carbocycles. The highest BCUT2D eigenvalue weighted by atomic mass is 16.1. The highest BCUT2D eigenvalue weighted by molar-refractivity contribution is 6.03. The summed E-state index contributed by atoms with van der Waals surface area (Å²) < 4.78 is 0. The van der Waals surface area contributed by atoms with Crippen LogP contribution in [0.25, 0.3) is 0 Å². The van der Waals surface area contributed by atoms with Crippen molar-refractivity contribution < 1.29 is 4.79 Å². The Morgan fingerprint density at radius 1 is 1.17 bits per heavy atom.